The molecule has 0 saturated carbocycles. The van der Waals surface area contributed by atoms with Crippen molar-refractivity contribution >= 4 is 27.4 Å². The number of aryl methyl sites for hydroxylation is 2. The molecule has 3 aromatic rings. The lowest BCUT2D eigenvalue weighted by Gasteiger charge is -2.29. The van der Waals surface area contributed by atoms with Gasteiger partial charge < -0.3 is 15.0 Å². The van der Waals surface area contributed by atoms with Gasteiger partial charge >= 0.3 is 0 Å². The molecule has 34 heavy (non-hydrogen) atoms. The molecule has 1 aliphatic heterocycles. The average molecular weight is 481 g/mol. The van der Waals surface area contributed by atoms with Gasteiger partial charge in [0.15, 0.2) is 0 Å². The predicted octanol–water partition coefficient (Wildman–Crippen LogP) is 3.27. The number of nitrogens with zero attached hydrogens (tertiary/aromatic N) is 2. The van der Waals surface area contributed by atoms with Crippen LogP contribution in [0.15, 0.2) is 65.7 Å². The van der Waals surface area contributed by atoms with Crippen LogP contribution >= 0.6 is 0 Å². The quantitative estimate of drug-likeness (QED) is 0.538. The molecule has 1 fully saturated rings. The van der Waals surface area contributed by atoms with E-state index in [0.717, 1.165) is 30.0 Å². The van der Waals surface area contributed by atoms with Gasteiger partial charge in [0.1, 0.15) is 5.82 Å². The molecule has 0 bridgehead atoms. The Labute approximate surface area is 200 Å². The number of nitrogens with one attached hydrogen (secondary N) is 2. The predicted molar refractivity (Wildman–Crippen MR) is 132 cm³/mol. The van der Waals surface area contributed by atoms with Crippen LogP contribution < -0.4 is 14.9 Å². The smallest absolute Gasteiger partial charge is 0.262 e. The van der Waals surface area contributed by atoms with Gasteiger partial charge in [-0.2, -0.15) is 0 Å². The van der Waals surface area contributed by atoms with Gasteiger partial charge in [0.05, 0.1) is 18.1 Å². The van der Waals surface area contributed by atoms with E-state index in [0.29, 0.717) is 24.5 Å². The van der Waals surface area contributed by atoms with Crippen molar-refractivity contribution in [2.24, 2.45) is 0 Å². The number of morpholine rings is 1. The molecule has 178 valence electrons. The highest BCUT2D eigenvalue weighted by atomic mass is 32.2. The molecule has 1 aromatic heterocycles. The van der Waals surface area contributed by atoms with E-state index in [1.54, 1.807) is 37.4 Å². The molecule has 2 N–H and O–H groups in total. The lowest BCUT2D eigenvalue weighted by Crippen LogP contribution is -2.37. The molecule has 1 amide bonds. The number of amides is 1. The molecule has 0 aliphatic carbocycles. The second kappa shape index (κ2) is 10.2. The molecule has 0 unspecified atom stereocenters. The van der Waals surface area contributed by atoms with Crippen molar-refractivity contribution in [2.45, 2.75) is 25.3 Å². The summed E-state index contributed by atoms with van der Waals surface area (Å²) in [5.41, 5.74) is 3.21. The van der Waals surface area contributed by atoms with E-state index in [-0.39, 0.29) is 22.9 Å². The van der Waals surface area contributed by atoms with Gasteiger partial charge in [0.2, 0.25) is 0 Å². The van der Waals surface area contributed by atoms with Gasteiger partial charge in [0.25, 0.3) is 15.9 Å². The first-order chi connectivity index (χ1) is 16.3. The molecular weight excluding hydrogens is 452 g/mol. The Kier molecular flexibility index (Phi) is 7.14. The Balaban J connectivity index is 1.50. The number of pyridine rings is 1. The second-order valence-electron chi connectivity index (χ2n) is 8.22. The van der Waals surface area contributed by atoms with Gasteiger partial charge in [-0.1, -0.05) is 29.8 Å². The van der Waals surface area contributed by atoms with Crippen molar-refractivity contribution in [3.05, 3.63) is 83.0 Å². The van der Waals surface area contributed by atoms with Crippen LogP contribution in [-0.4, -0.2) is 45.6 Å². The maximum absolute atomic E-state index is 13.0. The number of rotatable bonds is 7. The number of carbonyl (C=O) groups is 1. The molecule has 2 aromatic carbocycles. The van der Waals surface area contributed by atoms with Crippen molar-refractivity contribution in [2.75, 3.05) is 35.9 Å². The topological polar surface area (TPSA) is 101 Å². The summed E-state index contributed by atoms with van der Waals surface area (Å²) in [7, 11) is -3.86. The summed E-state index contributed by atoms with van der Waals surface area (Å²) in [6.45, 7) is 6.67. The van der Waals surface area contributed by atoms with Gasteiger partial charge in [-0.15, -0.1) is 0 Å². The minimum atomic E-state index is -3.86. The first-order valence-electron chi connectivity index (χ1n) is 11.1. The normalized spacial score (nSPS) is 14.0. The van der Waals surface area contributed by atoms with Gasteiger partial charge in [-0.05, 0) is 49.7 Å². The summed E-state index contributed by atoms with van der Waals surface area (Å²) in [4.78, 5) is 19.6. The number of hydrogen-bond acceptors (Lipinski definition) is 6. The van der Waals surface area contributed by atoms with E-state index in [2.05, 4.69) is 19.9 Å². The van der Waals surface area contributed by atoms with Crippen LogP contribution in [0, 0.1) is 13.8 Å². The van der Waals surface area contributed by atoms with E-state index in [1.807, 2.05) is 31.2 Å². The monoisotopic (exact) mass is 480 g/mol. The number of carbonyl (C=O) groups excluding carboxylic acids is 1. The fourth-order valence-corrected chi connectivity index (χ4v) is 5.10. The number of ether oxygens (including phenoxy) is 1. The number of anilines is 2. The highest BCUT2D eigenvalue weighted by molar-refractivity contribution is 7.92. The highest BCUT2D eigenvalue weighted by Gasteiger charge is 2.20. The van der Waals surface area contributed by atoms with Crippen LogP contribution in [0.1, 0.15) is 27.0 Å². The first-order valence-corrected chi connectivity index (χ1v) is 12.6. The molecular formula is C25H28N4O4S. The van der Waals surface area contributed by atoms with E-state index in [4.69, 9.17) is 4.74 Å². The van der Waals surface area contributed by atoms with Crippen LogP contribution in [0.5, 0.6) is 0 Å². The van der Waals surface area contributed by atoms with E-state index < -0.39 is 10.0 Å². The van der Waals surface area contributed by atoms with Crippen LogP contribution in [-0.2, 0) is 21.3 Å². The summed E-state index contributed by atoms with van der Waals surface area (Å²) < 4.78 is 34.0. The molecule has 4 rings (SSSR count). The lowest BCUT2D eigenvalue weighted by molar-refractivity contribution is 0.0950. The Bertz CT molecular complexity index is 1270. The minimum Gasteiger partial charge on any atom is -0.378 e. The number of sulfonamides is 1. The van der Waals surface area contributed by atoms with Gasteiger partial charge in [-0.3, -0.25) is 9.52 Å². The minimum absolute atomic E-state index is 0.0658. The molecule has 0 atom stereocenters. The third kappa shape index (κ3) is 5.55. The Hall–Kier alpha value is -3.43. The van der Waals surface area contributed by atoms with Gasteiger partial charge in [0, 0.05) is 42.6 Å². The van der Waals surface area contributed by atoms with Crippen molar-refractivity contribution < 1.29 is 17.9 Å². The standard InChI is InChI=1S/C25H28N4O4S/c1-18-5-9-22(10-6-18)28-34(31,32)23-16-20(8-7-19(23)2)25(30)27-17-21-4-3-11-26-24(21)29-12-14-33-15-13-29/h3-11,16,28H,12-15,17H2,1-2H3,(H,27,30). The van der Waals surface area contributed by atoms with E-state index >= 15 is 0 Å². The zero-order valence-corrected chi connectivity index (χ0v) is 20.1. The first kappa shape index (κ1) is 23.7. The van der Waals surface area contributed by atoms with Crippen molar-refractivity contribution in [1.82, 2.24) is 10.3 Å². The average Bonchev–Trinajstić information content (AvgIpc) is 2.85. The molecule has 0 spiro atoms. The van der Waals surface area contributed by atoms with Gasteiger partial charge in [-0.25, -0.2) is 13.4 Å². The number of hydrogen-bond donors (Lipinski definition) is 2. The maximum atomic E-state index is 13.0. The molecule has 1 aliphatic rings. The van der Waals surface area contributed by atoms with Crippen molar-refractivity contribution in [1.29, 1.82) is 0 Å². The number of aromatic nitrogens is 1. The fraction of sp³-hybridized carbons (Fsp3) is 0.280. The maximum Gasteiger partial charge on any atom is 0.262 e. The summed E-state index contributed by atoms with van der Waals surface area (Å²) in [5.74, 6) is 0.462. The third-order valence-electron chi connectivity index (χ3n) is 5.66. The Morgan fingerprint density at radius 3 is 2.53 bits per heavy atom. The summed E-state index contributed by atoms with van der Waals surface area (Å²) in [6, 6.07) is 15.5. The molecule has 2 heterocycles. The van der Waals surface area contributed by atoms with Crippen LogP contribution in [0.25, 0.3) is 0 Å². The molecule has 8 nitrogen and oxygen atoms in total. The summed E-state index contributed by atoms with van der Waals surface area (Å²) in [5, 5.41) is 2.90. The molecule has 1 saturated heterocycles. The third-order valence-corrected chi connectivity index (χ3v) is 7.18. The molecule has 9 heteroatoms. The van der Waals surface area contributed by atoms with Crippen LogP contribution in [0.4, 0.5) is 11.5 Å². The van der Waals surface area contributed by atoms with E-state index in [1.165, 1.54) is 6.07 Å². The Morgan fingerprint density at radius 2 is 1.79 bits per heavy atom. The fourth-order valence-electron chi connectivity index (χ4n) is 3.77. The zero-order valence-electron chi connectivity index (χ0n) is 19.2. The second-order valence-corrected chi connectivity index (χ2v) is 9.87. The largest absolute Gasteiger partial charge is 0.378 e. The van der Waals surface area contributed by atoms with Crippen molar-refractivity contribution in [3.8, 4) is 0 Å². The van der Waals surface area contributed by atoms with Crippen LogP contribution in [0.3, 0.4) is 0 Å². The Morgan fingerprint density at radius 1 is 1.06 bits per heavy atom. The highest BCUT2D eigenvalue weighted by Crippen LogP contribution is 2.22. The lowest BCUT2D eigenvalue weighted by atomic mass is 10.1. The summed E-state index contributed by atoms with van der Waals surface area (Å²) in [6.07, 6.45) is 1.73. The van der Waals surface area contributed by atoms with Crippen molar-refractivity contribution in [3.63, 3.8) is 0 Å². The number of benzene rings is 2. The summed E-state index contributed by atoms with van der Waals surface area (Å²) >= 11 is 0. The molecule has 0 radical (unpaired) electrons. The zero-order chi connectivity index (χ0) is 24.1. The van der Waals surface area contributed by atoms with E-state index in [9.17, 15) is 13.2 Å². The SMILES string of the molecule is Cc1ccc(NS(=O)(=O)c2cc(C(=O)NCc3cccnc3N3CCOCC3)ccc2C)cc1. The van der Waals surface area contributed by atoms with Crippen LogP contribution in [0.2, 0.25) is 0 Å².